The summed E-state index contributed by atoms with van der Waals surface area (Å²) in [7, 11) is 3.38. The van der Waals surface area contributed by atoms with Gasteiger partial charge in [-0.3, -0.25) is 9.69 Å². The molecule has 5 heteroatoms. The molecule has 0 atom stereocenters. The Bertz CT molecular complexity index is 563. The van der Waals surface area contributed by atoms with Crippen LogP contribution in [-0.2, 0) is 11.2 Å². The first-order valence-electron chi connectivity index (χ1n) is 5.92. The number of hydrogen-bond acceptors (Lipinski definition) is 4. The van der Waals surface area contributed by atoms with Crippen LogP contribution in [0.4, 0.5) is 5.13 Å². The van der Waals surface area contributed by atoms with Gasteiger partial charge in [0.2, 0.25) is 5.91 Å². The molecular formula is C14H16N2O2S. The van der Waals surface area contributed by atoms with Crippen molar-refractivity contribution in [3.05, 3.63) is 40.9 Å². The number of likely N-dealkylation sites (N-methyl/N-ethyl adjacent to an activating group) is 1. The van der Waals surface area contributed by atoms with Gasteiger partial charge in [-0.05, 0) is 24.6 Å². The fourth-order valence-electron chi connectivity index (χ4n) is 1.64. The van der Waals surface area contributed by atoms with Crippen LogP contribution >= 0.6 is 11.3 Å². The van der Waals surface area contributed by atoms with Gasteiger partial charge in [0.05, 0.1) is 19.2 Å². The van der Waals surface area contributed by atoms with Crippen LogP contribution in [0.3, 0.4) is 0 Å². The number of amides is 1. The molecule has 4 nitrogen and oxygen atoms in total. The number of rotatable bonds is 4. The highest BCUT2D eigenvalue weighted by Gasteiger charge is 2.14. The van der Waals surface area contributed by atoms with Crippen molar-refractivity contribution in [1.82, 2.24) is 4.98 Å². The topological polar surface area (TPSA) is 42.4 Å². The molecule has 0 aliphatic rings. The first kappa shape index (κ1) is 13.5. The SMILES string of the molecule is COc1ccc(CC(=O)N(C)c2nc(C)cs2)cc1. The largest absolute Gasteiger partial charge is 0.497 e. The summed E-state index contributed by atoms with van der Waals surface area (Å²) in [5.74, 6) is 0.819. The Hall–Kier alpha value is -1.88. The number of aryl methyl sites for hydroxylation is 1. The second-order valence-electron chi connectivity index (χ2n) is 4.25. The Morgan fingerprint density at radius 1 is 1.37 bits per heavy atom. The van der Waals surface area contributed by atoms with Gasteiger partial charge in [-0.25, -0.2) is 4.98 Å². The zero-order valence-electron chi connectivity index (χ0n) is 11.2. The van der Waals surface area contributed by atoms with E-state index in [0.29, 0.717) is 6.42 Å². The number of hydrogen-bond donors (Lipinski definition) is 0. The highest BCUT2D eigenvalue weighted by molar-refractivity contribution is 7.14. The van der Waals surface area contributed by atoms with Crippen molar-refractivity contribution in [2.45, 2.75) is 13.3 Å². The summed E-state index contributed by atoms with van der Waals surface area (Å²) >= 11 is 1.48. The molecule has 1 aromatic carbocycles. The van der Waals surface area contributed by atoms with Crippen LogP contribution in [0.1, 0.15) is 11.3 Å². The minimum absolute atomic E-state index is 0.0273. The quantitative estimate of drug-likeness (QED) is 0.862. The summed E-state index contributed by atoms with van der Waals surface area (Å²) < 4.78 is 5.09. The third kappa shape index (κ3) is 3.32. The molecular weight excluding hydrogens is 260 g/mol. The molecule has 1 heterocycles. The summed E-state index contributed by atoms with van der Waals surface area (Å²) in [6.07, 6.45) is 0.360. The molecule has 0 unspecified atom stereocenters. The summed E-state index contributed by atoms with van der Waals surface area (Å²) in [4.78, 5) is 18.0. The third-order valence-electron chi connectivity index (χ3n) is 2.78. The molecule has 0 aliphatic carbocycles. The molecule has 0 N–H and O–H groups in total. The second kappa shape index (κ2) is 5.84. The number of carbonyl (C=O) groups is 1. The van der Waals surface area contributed by atoms with Gasteiger partial charge in [0.15, 0.2) is 5.13 Å². The zero-order valence-corrected chi connectivity index (χ0v) is 12.0. The van der Waals surface area contributed by atoms with Crippen molar-refractivity contribution in [1.29, 1.82) is 0 Å². The lowest BCUT2D eigenvalue weighted by molar-refractivity contribution is -0.117. The molecule has 1 aromatic heterocycles. The average Bonchev–Trinajstić information content (AvgIpc) is 2.85. The lowest BCUT2D eigenvalue weighted by atomic mass is 10.1. The van der Waals surface area contributed by atoms with E-state index in [9.17, 15) is 4.79 Å². The standard InChI is InChI=1S/C14H16N2O2S/c1-10-9-19-14(15-10)16(2)13(17)8-11-4-6-12(18-3)7-5-11/h4-7,9H,8H2,1-3H3. The summed E-state index contributed by atoms with van der Waals surface area (Å²) in [6.45, 7) is 1.92. The maximum atomic E-state index is 12.1. The lowest BCUT2D eigenvalue weighted by Gasteiger charge is -2.13. The van der Waals surface area contributed by atoms with Gasteiger partial charge in [-0.1, -0.05) is 12.1 Å². The van der Waals surface area contributed by atoms with Crippen LogP contribution in [-0.4, -0.2) is 25.0 Å². The normalized spacial score (nSPS) is 10.3. The van der Waals surface area contributed by atoms with Crippen LogP contribution in [0.15, 0.2) is 29.6 Å². The van der Waals surface area contributed by atoms with Crippen molar-refractivity contribution in [2.75, 3.05) is 19.1 Å². The maximum absolute atomic E-state index is 12.1. The van der Waals surface area contributed by atoms with Crippen LogP contribution in [0.5, 0.6) is 5.75 Å². The molecule has 0 bridgehead atoms. The minimum Gasteiger partial charge on any atom is -0.497 e. The number of nitrogens with zero attached hydrogens (tertiary/aromatic N) is 2. The second-order valence-corrected chi connectivity index (χ2v) is 5.09. The van der Waals surface area contributed by atoms with Crippen LogP contribution in [0.2, 0.25) is 0 Å². The molecule has 2 rings (SSSR count). The summed E-state index contributed by atoms with van der Waals surface area (Å²) in [6, 6.07) is 7.52. The summed E-state index contributed by atoms with van der Waals surface area (Å²) in [5.41, 5.74) is 1.90. The molecule has 0 aliphatic heterocycles. The van der Waals surface area contributed by atoms with E-state index >= 15 is 0 Å². The number of anilines is 1. The van der Waals surface area contributed by atoms with Crippen LogP contribution < -0.4 is 9.64 Å². The number of methoxy groups -OCH3 is 1. The number of benzene rings is 1. The molecule has 2 aromatic rings. The van der Waals surface area contributed by atoms with Gasteiger partial charge in [-0.2, -0.15) is 0 Å². The van der Waals surface area contributed by atoms with Gasteiger partial charge in [0.25, 0.3) is 0 Å². The number of ether oxygens (including phenoxy) is 1. The molecule has 0 spiro atoms. The van der Waals surface area contributed by atoms with Crippen molar-refractivity contribution in [2.24, 2.45) is 0 Å². The monoisotopic (exact) mass is 276 g/mol. The fraction of sp³-hybridized carbons (Fsp3) is 0.286. The van der Waals surface area contributed by atoms with E-state index in [4.69, 9.17) is 4.74 Å². The van der Waals surface area contributed by atoms with E-state index in [1.807, 2.05) is 36.6 Å². The Morgan fingerprint density at radius 3 is 2.58 bits per heavy atom. The van der Waals surface area contributed by atoms with E-state index in [-0.39, 0.29) is 5.91 Å². The Labute approximate surface area is 116 Å². The van der Waals surface area contributed by atoms with Gasteiger partial charge >= 0.3 is 0 Å². The van der Waals surface area contributed by atoms with E-state index in [1.54, 1.807) is 19.1 Å². The van der Waals surface area contributed by atoms with Crippen LogP contribution in [0.25, 0.3) is 0 Å². The predicted molar refractivity (Wildman–Crippen MR) is 77.0 cm³/mol. The molecule has 0 saturated heterocycles. The maximum Gasteiger partial charge on any atom is 0.232 e. The first-order chi connectivity index (χ1) is 9.10. The minimum atomic E-state index is 0.0273. The Kier molecular flexibility index (Phi) is 4.16. The molecule has 1 amide bonds. The van der Waals surface area contributed by atoms with E-state index in [1.165, 1.54) is 11.3 Å². The highest BCUT2D eigenvalue weighted by atomic mass is 32.1. The Balaban J connectivity index is 2.03. The van der Waals surface area contributed by atoms with E-state index in [0.717, 1.165) is 22.1 Å². The smallest absolute Gasteiger partial charge is 0.232 e. The molecule has 0 saturated carbocycles. The van der Waals surface area contributed by atoms with E-state index in [2.05, 4.69) is 4.98 Å². The van der Waals surface area contributed by atoms with E-state index < -0.39 is 0 Å². The molecule has 19 heavy (non-hydrogen) atoms. The van der Waals surface area contributed by atoms with Gasteiger partial charge in [-0.15, -0.1) is 11.3 Å². The average molecular weight is 276 g/mol. The van der Waals surface area contributed by atoms with Crippen molar-refractivity contribution in [3.63, 3.8) is 0 Å². The number of thiazole rings is 1. The van der Waals surface area contributed by atoms with Gasteiger partial charge in [0, 0.05) is 12.4 Å². The van der Waals surface area contributed by atoms with Gasteiger partial charge in [0.1, 0.15) is 5.75 Å². The van der Waals surface area contributed by atoms with Crippen molar-refractivity contribution < 1.29 is 9.53 Å². The number of carbonyl (C=O) groups excluding carboxylic acids is 1. The Morgan fingerprint density at radius 2 is 2.05 bits per heavy atom. The third-order valence-corrected chi connectivity index (χ3v) is 3.82. The highest BCUT2D eigenvalue weighted by Crippen LogP contribution is 2.20. The van der Waals surface area contributed by atoms with Gasteiger partial charge < -0.3 is 4.74 Å². The molecule has 100 valence electrons. The first-order valence-corrected chi connectivity index (χ1v) is 6.79. The molecule has 0 fully saturated rings. The van der Waals surface area contributed by atoms with Crippen molar-refractivity contribution >= 4 is 22.4 Å². The molecule has 0 radical (unpaired) electrons. The summed E-state index contributed by atoms with van der Waals surface area (Å²) in [5, 5.41) is 2.67. The predicted octanol–water partition coefficient (Wildman–Crippen LogP) is 2.67. The number of aromatic nitrogens is 1. The van der Waals surface area contributed by atoms with Crippen LogP contribution in [0, 0.1) is 6.92 Å². The fourth-order valence-corrected chi connectivity index (χ4v) is 2.42. The van der Waals surface area contributed by atoms with Crippen molar-refractivity contribution in [3.8, 4) is 5.75 Å². The zero-order chi connectivity index (χ0) is 13.8. The lowest BCUT2D eigenvalue weighted by Crippen LogP contribution is -2.27.